The number of benzene rings is 3. The lowest BCUT2D eigenvalue weighted by molar-refractivity contribution is -0.711. The fourth-order valence-electron chi connectivity index (χ4n) is 5.22. The van der Waals surface area contributed by atoms with Gasteiger partial charge in [0.1, 0.15) is 11.2 Å². The number of aryl methyl sites for hydroxylation is 3. The quantitative estimate of drug-likeness (QED) is 0.275. The van der Waals surface area contributed by atoms with Crippen molar-refractivity contribution in [2.75, 3.05) is 0 Å². The van der Waals surface area contributed by atoms with Crippen LogP contribution in [-0.2, 0) is 0 Å². The molecule has 5 rings (SSSR count). The lowest BCUT2D eigenvalue weighted by atomic mass is 9.96. The van der Waals surface area contributed by atoms with E-state index in [0.29, 0.717) is 5.92 Å². The normalized spacial score (nSPS) is 12.0. The molecule has 0 atom stereocenters. The van der Waals surface area contributed by atoms with Crippen molar-refractivity contribution in [3.05, 3.63) is 77.1 Å². The molecule has 5 aromatic rings. The van der Waals surface area contributed by atoms with Gasteiger partial charge >= 0.3 is 0 Å². The fraction of sp³-hybridized carbons (Fsp3) is 0.310. The van der Waals surface area contributed by atoms with Gasteiger partial charge in [0, 0.05) is 28.4 Å². The van der Waals surface area contributed by atoms with Crippen LogP contribution in [-0.4, -0.2) is 9.78 Å². The number of aromatic nitrogens is 3. The number of furan rings is 1. The van der Waals surface area contributed by atoms with E-state index >= 15 is 0 Å². The SMILES string of the molecule is Cc1cc2c(oc3ccccc32)c(C)c1-n1nc(C)[n+](C(C)C)c1-c1ccccc1C(C)C. The van der Waals surface area contributed by atoms with Crippen LogP contribution in [0.3, 0.4) is 0 Å². The summed E-state index contributed by atoms with van der Waals surface area (Å²) in [5.74, 6) is 2.53. The Morgan fingerprint density at radius 2 is 1.58 bits per heavy atom. The summed E-state index contributed by atoms with van der Waals surface area (Å²) in [5, 5.41) is 7.42. The summed E-state index contributed by atoms with van der Waals surface area (Å²) >= 11 is 0. The molecule has 0 fully saturated rings. The molecule has 0 amide bonds. The number of hydrogen-bond donors (Lipinski definition) is 0. The second kappa shape index (κ2) is 7.87. The first-order chi connectivity index (χ1) is 15.8. The monoisotopic (exact) mass is 438 g/mol. The van der Waals surface area contributed by atoms with E-state index in [4.69, 9.17) is 9.52 Å². The van der Waals surface area contributed by atoms with E-state index in [1.54, 1.807) is 0 Å². The summed E-state index contributed by atoms with van der Waals surface area (Å²) < 4.78 is 10.8. The van der Waals surface area contributed by atoms with E-state index in [9.17, 15) is 0 Å². The second-order valence-corrected chi connectivity index (χ2v) is 9.63. The second-order valence-electron chi connectivity index (χ2n) is 9.63. The van der Waals surface area contributed by atoms with Gasteiger partial charge < -0.3 is 4.42 Å². The van der Waals surface area contributed by atoms with Crippen LogP contribution in [0.2, 0.25) is 0 Å². The first kappa shape index (κ1) is 21.4. The predicted molar refractivity (Wildman–Crippen MR) is 135 cm³/mol. The molecular weight excluding hydrogens is 406 g/mol. The first-order valence-electron chi connectivity index (χ1n) is 11.8. The van der Waals surface area contributed by atoms with Gasteiger partial charge in [0.15, 0.2) is 5.69 Å². The van der Waals surface area contributed by atoms with E-state index in [1.165, 1.54) is 16.7 Å². The van der Waals surface area contributed by atoms with Gasteiger partial charge in [0.25, 0.3) is 11.6 Å². The molecule has 0 bridgehead atoms. The van der Waals surface area contributed by atoms with E-state index in [-0.39, 0.29) is 6.04 Å². The van der Waals surface area contributed by atoms with Gasteiger partial charge in [-0.1, -0.05) is 54.9 Å². The van der Waals surface area contributed by atoms with E-state index < -0.39 is 0 Å². The molecule has 0 saturated heterocycles. The van der Waals surface area contributed by atoms with E-state index in [2.05, 4.69) is 100 Å². The Balaban J connectivity index is 1.88. The molecule has 2 aromatic heterocycles. The van der Waals surface area contributed by atoms with Crippen molar-refractivity contribution >= 4 is 21.9 Å². The average molecular weight is 439 g/mol. The molecule has 0 aliphatic heterocycles. The number of fused-ring (bicyclic) bond motifs is 3. The van der Waals surface area contributed by atoms with Gasteiger partial charge in [-0.2, -0.15) is 0 Å². The Morgan fingerprint density at radius 3 is 2.30 bits per heavy atom. The van der Waals surface area contributed by atoms with Gasteiger partial charge in [0.05, 0.1) is 11.6 Å². The summed E-state index contributed by atoms with van der Waals surface area (Å²) in [5.41, 5.74) is 7.81. The van der Waals surface area contributed by atoms with Crippen molar-refractivity contribution in [2.24, 2.45) is 0 Å². The van der Waals surface area contributed by atoms with Crippen molar-refractivity contribution in [3.63, 3.8) is 0 Å². The molecule has 168 valence electrons. The lowest BCUT2D eigenvalue weighted by Gasteiger charge is -2.15. The third kappa shape index (κ3) is 3.28. The zero-order valence-corrected chi connectivity index (χ0v) is 20.6. The maximum absolute atomic E-state index is 6.34. The molecule has 0 unspecified atom stereocenters. The molecule has 0 N–H and O–H groups in total. The van der Waals surface area contributed by atoms with Crippen LogP contribution >= 0.6 is 0 Å². The molecule has 2 heterocycles. The minimum atomic E-state index is 0.282. The van der Waals surface area contributed by atoms with Gasteiger partial charge in [-0.05, 0) is 62.9 Å². The smallest absolute Gasteiger partial charge is 0.275 e. The van der Waals surface area contributed by atoms with Crippen molar-refractivity contribution in [2.45, 2.75) is 60.4 Å². The molecule has 4 heteroatoms. The highest BCUT2D eigenvalue weighted by Crippen LogP contribution is 2.37. The Bertz CT molecular complexity index is 1500. The van der Waals surface area contributed by atoms with Crippen LogP contribution < -0.4 is 4.57 Å². The summed E-state index contributed by atoms with van der Waals surface area (Å²) in [6, 6.07) is 19.5. The van der Waals surface area contributed by atoms with E-state index in [1.807, 2.05) is 12.1 Å². The standard InChI is InChI=1S/C29H32N3O/c1-17(2)22-12-8-9-14-24(22)29-31(18(3)4)21(7)30-32(29)27-19(5)16-25-23-13-10-11-15-26(23)33-28(25)20(27)6/h8-18H,1-7H3/q+1. The van der Waals surface area contributed by atoms with Crippen LogP contribution in [0, 0.1) is 20.8 Å². The molecule has 0 radical (unpaired) electrons. The van der Waals surface area contributed by atoms with E-state index in [0.717, 1.165) is 44.8 Å². The zero-order chi connectivity index (χ0) is 23.4. The van der Waals surface area contributed by atoms with Crippen LogP contribution in [0.1, 0.15) is 62.2 Å². The summed E-state index contributed by atoms with van der Waals surface area (Å²) in [7, 11) is 0. The lowest BCUT2D eigenvalue weighted by Crippen LogP contribution is -2.40. The van der Waals surface area contributed by atoms with Crippen LogP contribution in [0.15, 0.2) is 59.0 Å². The molecule has 0 aliphatic carbocycles. The van der Waals surface area contributed by atoms with Gasteiger partial charge in [0.2, 0.25) is 0 Å². The minimum absolute atomic E-state index is 0.282. The topological polar surface area (TPSA) is 34.8 Å². The Kier molecular flexibility index (Phi) is 5.12. The molecule has 4 nitrogen and oxygen atoms in total. The third-order valence-electron chi connectivity index (χ3n) is 6.64. The molecule has 33 heavy (non-hydrogen) atoms. The van der Waals surface area contributed by atoms with Gasteiger partial charge in [-0.15, -0.1) is 0 Å². The highest BCUT2D eigenvalue weighted by molar-refractivity contribution is 6.07. The predicted octanol–water partition coefficient (Wildman–Crippen LogP) is 7.36. The van der Waals surface area contributed by atoms with Crippen molar-refractivity contribution in [1.82, 2.24) is 9.78 Å². The maximum atomic E-state index is 6.34. The van der Waals surface area contributed by atoms with Crippen LogP contribution in [0.4, 0.5) is 0 Å². The molecule has 0 aliphatic rings. The number of hydrogen-bond acceptors (Lipinski definition) is 2. The van der Waals surface area contributed by atoms with Gasteiger partial charge in [-0.25, -0.2) is 4.57 Å². The highest BCUT2D eigenvalue weighted by atomic mass is 16.3. The van der Waals surface area contributed by atoms with Crippen molar-refractivity contribution < 1.29 is 8.98 Å². The van der Waals surface area contributed by atoms with Crippen LogP contribution in [0.25, 0.3) is 39.0 Å². The fourth-order valence-corrected chi connectivity index (χ4v) is 5.22. The Hall–Kier alpha value is -3.40. The molecule has 3 aromatic carbocycles. The summed E-state index contributed by atoms with van der Waals surface area (Å²) in [4.78, 5) is 0. The molecular formula is C29H32N3O+. The van der Waals surface area contributed by atoms with Gasteiger partial charge in [-0.3, -0.25) is 0 Å². The first-order valence-corrected chi connectivity index (χ1v) is 11.8. The minimum Gasteiger partial charge on any atom is -0.456 e. The molecule has 0 spiro atoms. The summed E-state index contributed by atoms with van der Waals surface area (Å²) in [6.07, 6.45) is 0. The molecule has 0 saturated carbocycles. The zero-order valence-electron chi connectivity index (χ0n) is 20.6. The van der Waals surface area contributed by atoms with Crippen molar-refractivity contribution in [1.29, 1.82) is 0 Å². The average Bonchev–Trinajstić information content (AvgIpc) is 3.32. The number of rotatable bonds is 4. The van der Waals surface area contributed by atoms with Crippen LogP contribution in [0.5, 0.6) is 0 Å². The Morgan fingerprint density at radius 1 is 0.879 bits per heavy atom. The van der Waals surface area contributed by atoms with Crippen molar-refractivity contribution in [3.8, 4) is 17.1 Å². The third-order valence-corrected chi connectivity index (χ3v) is 6.64. The maximum Gasteiger partial charge on any atom is 0.275 e. The Labute approximate surface area is 195 Å². The highest BCUT2D eigenvalue weighted by Gasteiger charge is 2.32. The summed E-state index contributed by atoms with van der Waals surface area (Å²) in [6.45, 7) is 15.4. The largest absolute Gasteiger partial charge is 0.456 e. The number of nitrogens with zero attached hydrogens (tertiary/aromatic N) is 3. The number of para-hydroxylation sites is 1.